The Morgan fingerprint density at radius 3 is 2.62 bits per heavy atom. The maximum Gasteiger partial charge on any atom is 0.419 e. The second-order valence-corrected chi connectivity index (χ2v) is 5.99. The highest BCUT2D eigenvalue weighted by molar-refractivity contribution is 7.11. The minimum Gasteiger partial charge on any atom is -0.304 e. The molecule has 1 atom stereocenters. The second kappa shape index (κ2) is 6.11. The van der Waals surface area contributed by atoms with Crippen LogP contribution in [-0.2, 0) is 12.7 Å². The molecule has 0 saturated heterocycles. The van der Waals surface area contributed by atoms with Crippen molar-refractivity contribution >= 4 is 11.3 Å². The van der Waals surface area contributed by atoms with Crippen molar-refractivity contribution in [3.05, 3.63) is 51.2 Å². The molecule has 2 nitrogen and oxygen atoms in total. The summed E-state index contributed by atoms with van der Waals surface area (Å²) >= 11 is 1.53. The molecule has 1 aromatic carbocycles. The third kappa shape index (κ3) is 4.01. The summed E-state index contributed by atoms with van der Waals surface area (Å²) in [7, 11) is 0. The number of nitrogens with one attached hydrogen (secondary N) is 1. The minimum absolute atomic E-state index is 0.0805. The zero-order valence-corrected chi connectivity index (χ0v) is 12.3. The summed E-state index contributed by atoms with van der Waals surface area (Å²) in [5, 5.41) is 3.95. The van der Waals surface area contributed by atoms with Crippen LogP contribution in [0.5, 0.6) is 0 Å². The topological polar surface area (TPSA) is 24.9 Å². The number of thiazole rings is 1. The molecule has 1 heterocycles. The maximum atomic E-state index is 13.2. The first-order valence-corrected chi connectivity index (χ1v) is 7.10. The van der Waals surface area contributed by atoms with Crippen LogP contribution in [0.1, 0.15) is 34.0 Å². The fourth-order valence-electron chi connectivity index (χ4n) is 1.83. The van der Waals surface area contributed by atoms with Gasteiger partial charge in [0.25, 0.3) is 0 Å². The molecule has 1 aromatic heterocycles. The van der Waals surface area contributed by atoms with Gasteiger partial charge in [-0.2, -0.15) is 13.2 Å². The van der Waals surface area contributed by atoms with E-state index in [9.17, 15) is 17.6 Å². The predicted molar refractivity (Wildman–Crippen MR) is 73.5 cm³/mol. The molecule has 7 heteroatoms. The van der Waals surface area contributed by atoms with Gasteiger partial charge in [0.2, 0.25) is 0 Å². The molecular formula is C14H14F4N2S. The van der Waals surface area contributed by atoms with Gasteiger partial charge < -0.3 is 5.32 Å². The monoisotopic (exact) mass is 318 g/mol. The Balaban J connectivity index is 2.07. The van der Waals surface area contributed by atoms with Gasteiger partial charge >= 0.3 is 6.18 Å². The molecule has 0 aliphatic carbocycles. The summed E-state index contributed by atoms with van der Waals surface area (Å²) in [6, 6.07) is 2.94. The average molecular weight is 318 g/mol. The first kappa shape index (κ1) is 15.9. The van der Waals surface area contributed by atoms with E-state index in [1.54, 1.807) is 6.20 Å². The second-order valence-electron chi connectivity index (χ2n) is 4.72. The molecule has 2 rings (SSSR count). The third-order valence-corrected chi connectivity index (χ3v) is 4.05. The van der Waals surface area contributed by atoms with E-state index in [2.05, 4.69) is 10.3 Å². The van der Waals surface area contributed by atoms with Crippen LogP contribution in [0.2, 0.25) is 0 Å². The quantitative estimate of drug-likeness (QED) is 0.842. The van der Waals surface area contributed by atoms with E-state index < -0.39 is 17.6 Å². The fourth-order valence-corrected chi connectivity index (χ4v) is 2.63. The van der Waals surface area contributed by atoms with Crippen molar-refractivity contribution in [3.8, 4) is 0 Å². The lowest BCUT2D eigenvalue weighted by atomic mass is 10.1. The van der Waals surface area contributed by atoms with E-state index in [-0.39, 0.29) is 12.6 Å². The minimum atomic E-state index is -4.68. The van der Waals surface area contributed by atoms with Gasteiger partial charge in [-0.1, -0.05) is 6.07 Å². The lowest BCUT2D eigenvalue weighted by molar-refractivity contribution is -0.140. The summed E-state index contributed by atoms with van der Waals surface area (Å²) in [4.78, 5) is 5.28. The van der Waals surface area contributed by atoms with Crippen molar-refractivity contribution in [1.29, 1.82) is 0 Å². The van der Waals surface area contributed by atoms with Crippen molar-refractivity contribution in [3.63, 3.8) is 0 Å². The molecule has 114 valence electrons. The summed E-state index contributed by atoms with van der Waals surface area (Å²) in [5.41, 5.74) is -0.858. The van der Waals surface area contributed by atoms with E-state index in [0.717, 1.165) is 22.0 Å². The summed E-state index contributed by atoms with van der Waals surface area (Å²) in [6.07, 6.45) is -2.93. The van der Waals surface area contributed by atoms with Gasteiger partial charge in [-0.25, -0.2) is 9.37 Å². The lowest BCUT2D eigenvalue weighted by Gasteiger charge is -2.13. The number of hydrogen-bond donors (Lipinski definition) is 1. The van der Waals surface area contributed by atoms with Gasteiger partial charge in [0.15, 0.2) is 0 Å². The molecule has 0 bridgehead atoms. The number of halogens is 4. The molecule has 0 amide bonds. The number of aryl methyl sites for hydroxylation is 1. The number of hydrogen-bond acceptors (Lipinski definition) is 3. The molecule has 2 aromatic rings. The maximum absolute atomic E-state index is 13.2. The normalized spacial score (nSPS) is 13.4. The molecule has 1 unspecified atom stereocenters. The van der Waals surface area contributed by atoms with Crippen molar-refractivity contribution in [1.82, 2.24) is 10.3 Å². The van der Waals surface area contributed by atoms with Gasteiger partial charge in [-0.3, -0.25) is 0 Å². The first-order valence-electron chi connectivity index (χ1n) is 6.28. The van der Waals surface area contributed by atoms with Crippen LogP contribution in [-0.4, -0.2) is 4.98 Å². The van der Waals surface area contributed by atoms with Crippen LogP contribution in [0.3, 0.4) is 0 Å². The number of aromatic nitrogens is 1. The molecule has 0 radical (unpaired) electrons. The van der Waals surface area contributed by atoms with Gasteiger partial charge in [0, 0.05) is 17.6 Å². The zero-order valence-electron chi connectivity index (χ0n) is 11.5. The van der Waals surface area contributed by atoms with Crippen LogP contribution < -0.4 is 5.32 Å². The Morgan fingerprint density at radius 1 is 1.33 bits per heavy atom. The highest BCUT2D eigenvalue weighted by Gasteiger charge is 2.34. The Hall–Kier alpha value is -1.47. The number of rotatable bonds is 4. The Morgan fingerprint density at radius 2 is 2.05 bits per heavy atom. The zero-order chi connectivity index (χ0) is 15.6. The Kier molecular flexibility index (Phi) is 4.63. The van der Waals surface area contributed by atoms with Gasteiger partial charge in [-0.15, -0.1) is 11.3 Å². The third-order valence-electron chi connectivity index (χ3n) is 2.96. The van der Waals surface area contributed by atoms with E-state index in [4.69, 9.17) is 0 Å². The molecule has 0 fully saturated rings. The van der Waals surface area contributed by atoms with Crippen LogP contribution >= 0.6 is 11.3 Å². The molecule has 1 N–H and O–H groups in total. The fraction of sp³-hybridized carbons (Fsp3) is 0.357. The number of nitrogens with zero attached hydrogens (tertiary/aromatic N) is 1. The Labute approximate surface area is 123 Å². The van der Waals surface area contributed by atoms with Gasteiger partial charge in [0.05, 0.1) is 11.6 Å². The highest BCUT2D eigenvalue weighted by atomic mass is 32.1. The standard InChI is InChI=1S/C14H14F4N2S/c1-8-6-20-13(21-8)9(2)19-7-10-3-4-12(15)11(5-10)14(16,17)18/h3-6,9,19H,7H2,1-2H3. The molecular weight excluding hydrogens is 304 g/mol. The summed E-state index contributed by atoms with van der Waals surface area (Å²) in [5.74, 6) is -1.25. The van der Waals surface area contributed by atoms with Crippen LogP contribution in [0, 0.1) is 12.7 Å². The van der Waals surface area contributed by atoms with Crippen molar-refractivity contribution in [2.24, 2.45) is 0 Å². The van der Waals surface area contributed by atoms with E-state index in [1.165, 1.54) is 17.4 Å². The van der Waals surface area contributed by atoms with Crippen molar-refractivity contribution < 1.29 is 17.6 Å². The van der Waals surface area contributed by atoms with Crippen molar-refractivity contribution in [2.75, 3.05) is 0 Å². The van der Waals surface area contributed by atoms with Gasteiger partial charge in [-0.05, 0) is 31.5 Å². The summed E-state index contributed by atoms with van der Waals surface area (Å²) < 4.78 is 51.1. The van der Waals surface area contributed by atoms with Crippen LogP contribution in [0.15, 0.2) is 24.4 Å². The highest BCUT2D eigenvalue weighted by Crippen LogP contribution is 2.32. The van der Waals surface area contributed by atoms with Crippen LogP contribution in [0.25, 0.3) is 0 Å². The van der Waals surface area contributed by atoms with E-state index >= 15 is 0 Å². The smallest absolute Gasteiger partial charge is 0.304 e. The summed E-state index contributed by atoms with van der Waals surface area (Å²) in [6.45, 7) is 4.03. The predicted octanol–water partition coefficient (Wildman–Crippen LogP) is 4.46. The van der Waals surface area contributed by atoms with Crippen molar-refractivity contribution in [2.45, 2.75) is 32.6 Å². The Bertz CT molecular complexity index is 622. The first-order chi connectivity index (χ1) is 9.77. The van der Waals surface area contributed by atoms with E-state index in [1.807, 2.05) is 13.8 Å². The number of benzene rings is 1. The molecule has 21 heavy (non-hydrogen) atoms. The lowest BCUT2D eigenvalue weighted by Crippen LogP contribution is -2.18. The largest absolute Gasteiger partial charge is 0.419 e. The van der Waals surface area contributed by atoms with Crippen LogP contribution in [0.4, 0.5) is 17.6 Å². The molecule has 0 aliphatic heterocycles. The molecule has 0 spiro atoms. The average Bonchev–Trinajstić information content (AvgIpc) is 2.83. The number of alkyl halides is 3. The molecule has 0 saturated carbocycles. The molecule has 0 aliphatic rings. The SMILES string of the molecule is Cc1cnc(C(C)NCc2ccc(F)c(C(F)(F)F)c2)s1. The van der Waals surface area contributed by atoms with E-state index in [0.29, 0.717) is 5.56 Å². The van der Waals surface area contributed by atoms with Gasteiger partial charge in [0.1, 0.15) is 10.8 Å².